The fourth-order valence-corrected chi connectivity index (χ4v) is 7.09. The van der Waals surface area contributed by atoms with Crippen molar-refractivity contribution in [2.45, 2.75) is 57.9 Å². The molecule has 1 aliphatic heterocycles. The number of nitriles is 1. The molecule has 0 radical (unpaired) electrons. The predicted octanol–water partition coefficient (Wildman–Crippen LogP) is 6.77. The number of benzene rings is 1. The van der Waals surface area contributed by atoms with Crippen LogP contribution in [0, 0.1) is 18.3 Å². The molecule has 242 valence electrons. The summed E-state index contributed by atoms with van der Waals surface area (Å²) < 4.78 is 40.8. The van der Waals surface area contributed by atoms with Gasteiger partial charge in [0, 0.05) is 60.1 Å². The van der Waals surface area contributed by atoms with Crippen LogP contribution in [0.3, 0.4) is 0 Å². The minimum Gasteiger partial charge on any atom is -0.367 e. The van der Waals surface area contributed by atoms with Gasteiger partial charge in [0.25, 0.3) is 0 Å². The van der Waals surface area contributed by atoms with Crippen LogP contribution in [0.15, 0.2) is 61.6 Å². The quantitative estimate of drug-likeness (QED) is 0.159. The van der Waals surface area contributed by atoms with Gasteiger partial charge >= 0.3 is 6.18 Å². The molecular weight excluding hydrogens is 625 g/mol. The summed E-state index contributed by atoms with van der Waals surface area (Å²) >= 11 is 1.06. The predicted molar refractivity (Wildman–Crippen MR) is 177 cm³/mol. The number of halogens is 3. The summed E-state index contributed by atoms with van der Waals surface area (Å²) in [6, 6.07) is 13.9. The van der Waals surface area contributed by atoms with E-state index in [0.29, 0.717) is 40.4 Å². The molecule has 0 bridgehead atoms. The van der Waals surface area contributed by atoms with Crippen LogP contribution in [0.5, 0.6) is 0 Å². The Bertz CT molecular complexity index is 1970. The van der Waals surface area contributed by atoms with E-state index in [-0.39, 0.29) is 16.8 Å². The van der Waals surface area contributed by atoms with E-state index in [2.05, 4.69) is 62.2 Å². The molecule has 1 aromatic carbocycles. The van der Waals surface area contributed by atoms with E-state index in [0.717, 1.165) is 66.0 Å². The summed E-state index contributed by atoms with van der Waals surface area (Å²) in [6.45, 7) is 8.64. The molecule has 9 nitrogen and oxygen atoms in total. The van der Waals surface area contributed by atoms with Crippen LogP contribution in [0.25, 0.3) is 21.1 Å². The van der Waals surface area contributed by atoms with Gasteiger partial charge in [0.15, 0.2) is 0 Å². The van der Waals surface area contributed by atoms with Crippen molar-refractivity contribution in [3.63, 3.8) is 0 Å². The van der Waals surface area contributed by atoms with Crippen molar-refractivity contribution in [2.24, 2.45) is 0 Å². The lowest BCUT2D eigenvalue weighted by Gasteiger charge is -2.33. The lowest BCUT2D eigenvalue weighted by atomic mass is 10.0. The first kappa shape index (κ1) is 32.2. The summed E-state index contributed by atoms with van der Waals surface area (Å²) in [5.41, 5.74) is 5.40. The fourth-order valence-electron chi connectivity index (χ4n) is 6.07. The van der Waals surface area contributed by atoms with E-state index in [9.17, 15) is 23.2 Å². The number of thiophene rings is 1. The molecule has 1 amide bonds. The molecule has 5 aromatic rings. The summed E-state index contributed by atoms with van der Waals surface area (Å²) in [5, 5.41) is 17.8. The summed E-state index contributed by atoms with van der Waals surface area (Å²) in [7, 11) is 0. The average molecular weight is 659 g/mol. The molecule has 0 unspecified atom stereocenters. The van der Waals surface area contributed by atoms with Crippen LogP contribution >= 0.6 is 11.3 Å². The molecule has 1 fully saturated rings. The molecule has 2 N–H and O–H groups in total. The molecule has 5 heterocycles. The third kappa shape index (κ3) is 7.45. The van der Waals surface area contributed by atoms with Crippen LogP contribution in [0.4, 0.5) is 24.7 Å². The van der Waals surface area contributed by atoms with Gasteiger partial charge in [-0.05, 0) is 67.3 Å². The Balaban J connectivity index is 1.08. The van der Waals surface area contributed by atoms with E-state index >= 15 is 0 Å². The van der Waals surface area contributed by atoms with Gasteiger partial charge in [-0.1, -0.05) is 12.6 Å². The van der Waals surface area contributed by atoms with Gasteiger partial charge < -0.3 is 15.2 Å². The highest BCUT2D eigenvalue weighted by Gasteiger charge is 2.29. The Hall–Kier alpha value is -4.80. The molecule has 0 spiro atoms. The number of piperidine rings is 1. The highest BCUT2D eigenvalue weighted by atomic mass is 32.1. The van der Waals surface area contributed by atoms with Gasteiger partial charge in [-0.3, -0.25) is 14.7 Å². The first-order valence-corrected chi connectivity index (χ1v) is 16.1. The molecule has 0 aliphatic carbocycles. The number of nitrogens with one attached hydrogen (secondary N) is 2. The number of hydrogen-bond donors (Lipinski definition) is 2. The Labute approximate surface area is 273 Å². The van der Waals surface area contributed by atoms with E-state index in [1.807, 2.05) is 16.7 Å². The van der Waals surface area contributed by atoms with Crippen LogP contribution in [0.2, 0.25) is 0 Å². The number of carbonyl (C=O) groups excluding carboxylic acids is 1. The normalized spacial score (nSPS) is 14.4. The number of aryl methyl sites for hydroxylation is 3. The monoisotopic (exact) mass is 658 g/mol. The zero-order valence-electron chi connectivity index (χ0n) is 25.8. The second kappa shape index (κ2) is 13.5. The molecule has 13 heteroatoms. The summed E-state index contributed by atoms with van der Waals surface area (Å²) in [4.78, 5) is 27.7. The van der Waals surface area contributed by atoms with E-state index in [1.54, 1.807) is 18.3 Å². The third-order valence-electron chi connectivity index (χ3n) is 8.53. The van der Waals surface area contributed by atoms with Gasteiger partial charge in [0.2, 0.25) is 5.91 Å². The first-order valence-electron chi connectivity index (χ1n) is 15.3. The van der Waals surface area contributed by atoms with Crippen molar-refractivity contribution >= 4 is 49.9 Å². The number of carbonyl (C=O) groups is 1. The van der Waals surface area contributed by atoms with E-state index < -0.39 is 12.6 Å². The number of pyridine rings is 1. The number of likely N-dealkylation sites (tertiary alicyclic amines) is 1. The molecular formula is C34H33F3N8OS. The van der Waals surface area contributed by atoms with Crippen molar-refractivity contribution < 1.29 is 18.0 Å². The molecule has 0 saturated carbocycles. The van der Waals surface area contributed by atoms with E-state index in [4.69, 9.17) is 0 Å². The number of nitrogens with zero attached hydrogens (tertiary/aromatic N) is 6. The maximum absolute atomic E-state index is 12.9. The van der Waals surface area contributed by atoms with Crippen LogP contribution in [-0.2, 0) is 30.7 Å². The standard InChI is InChI=1S/C34H33F3N8OS/c1-3-31(46)42-25-6-5-23(39-18-25)10-13-45-26(17-38)14-28-21(2)22(4-7-30(28)45)19-44-11-8-24(9-12-44)43-32-29-15-27(16-34(35,36)37)47-33(29)41-20-40-32/h3-7,14-15,18,20,24H,1,8-13,16,19H2,2H3,(H,42,46)(H,40,41,43). The van der Waals surface area contributed by atoms with Gasteiger partial charge in [-0.15, -0.1) is 11.3 Å². The maximum atomic E-state index is 12.9. The van der Waals surface area contributed by atoms with Gasteiger partial charge in [-0.25, -0.2) is 9.97 Å². The van der Waals surface area contributed by atoms with Crippen molar-refractivity contribution in [1.29, 1.82) is 5.26 Å². The number of hydrogen-bond acceptors (Lipinski definition) is 8. The lowest BCUT2D eigenvalue weighted by Crippen LogP contribution is -2.39. The summed E-state index contributed by atoms with van der Waals surface area (Å²) in [6.07, 6.45) is 1.36. The zero-order valence-corrected chi connectivity index (χ0v) is 26.6. The van der Waals surface area contributed by atoms with E-state index in [1.165, 1.54) is 18.0 Å². The smallest absolute Gasteiger partial charge is 0.367 e. The largest absolute Gasteiger partial charge is 0.393 e. The summed E-state index contributed by atoms with van der Waals surface area (Å²) in [5.74, 6) is 0.292. The second-order valence-electron chi connectivity index (χ2n) is 11.7. The zero-order chi connectivity index (χ0) is 33.1. The number of anilines is 2. The molecule has 47 heavy (non-hydrogen) atoms. The number of rotatable bonds is 10. The average Bonchev–Trinajstić information content (AvgIpc) is 3.63. The van der Waals surface area contributed by atoms with Crippen LogP contribution < -0.4 is 10.6 Å². The first-order chi connectivity index (χ1) is 22.6. The Kier molecular flexibility index (Phi) is 9.24. The van der Waals surface area contributed by atoms with Crippen LogP contribution in [0.1, 0.15) is 40.2 Å². The molecule has 1 aliphatic rings. The van der Waals surface area contributed by atoms with Crippen LogP contribution in [-0.4, -0.2) is 55.6 Å². The Morgan fingerprint density at radius 1 is 1.15 bits per heavy atom. The lowest BCUT2D eigenvalue weighted by molar-refractivity contribution is -0.126. The topological polar surface area (TPSA) is 112 Å². The molecule has 0 atom stereocenters. The van der Waals surface area contributed by atoms with Gasteiger partial charge in [-0.2, -0.15) is 18.4 Å². The molecule has 4 aromatic heterocycles. The SMILES string of the molecule is C=CC(=O)Nc1ccc(CCn2c(C#N)cc3c(C)c(CN4CCC(Nc5ncnc6sc(CC(F)(F)F)cc56)CC4)ccc32)nc1. The number of fused-ring (bicyclic) bond motifs is 2. The second-order valence-corrected chi connectivity index (χ2v) is 12.8. The molecule has 1 saturated heterocycles. The van der Waals surface area contributed by atoms with Crippen molar-refractivity contribution in [3.05, 3.63) is 89.0 Å². The third-order valence-corrected chi connectivity index (χ3v) is 9.57. The Morgan fingerprint density at radius 3 is 2.66 bits per heavy atom. The number of amides is 1. The van der Waals surface area contributed by atoms with Gasteiger partial charge in [0.1, 0.15) is 28.7 Å². The number of alkyl halides is 3. The highest BCUT2D eigenvalue weighted by molar-refractivity contribution is 7.18. The van der Waals surface area contributed by atoms with Crippen molar-refractivity contribution in [3.8, 4) is 6.07 Å². The van der Waals surface area contributed by atoms with Crippen molar-refractivity contribution in [2.75, 3.05) is 23.7 Å². The molecule has 6 rings (SSSR count). The fraction of sp³-hybridized carbons (Fsp3) is 0.324. The Morgan fingerprint density at radius 2 is 1.96 bits per heavy atom. The van der Waals surface area contributed by atoms with Gasteiger partial charge in [0.05, 0.1) is 23.7 Å². The van der Waals surface area contributed by atoms with Crippen molar-refractivity contribution in [1.82, 2.24) is 24.4 Å². The minimum absolute atomic E-state index is 0.155. The maximum Gasteiger partial charge on any atom is 0.393 e. The number of aromatic nitrogens is 4. The minimum atomic E-state index is -4.26. The highest BCUT2D eigenvalue weighted by Crippen LogP contribution is 2.33.